The van der Waals surface area contributed by atoms with Gasteiger partial charge < -0.3 is 24.6 Å². The minimum atomic E-state index is -2.12. The van der Waals surface area contributed by atoms with Gasteiger partial charge in [0.1, 0.15) is 6.10 Å². The zero-order valence-electron chi connectivity index (χ0n) is 21.6. The molecule has 8 atom stereocenters. The van der Waals surface area contributed by atoms with E-state index in [9.17, 15) is 24.9 Å². The number of hydrogen-bond acceptors (Lipinski definition) is 6. The van der Waals surface area contributed by atoms with Crippen LogP contribution in [0.3, 0.4) is 0 Å². The standard InChI is InChI=1S/C28H37NO6/c1-13-10-27-15(3)8-19-21(26(19,5)6)18(23(27)32)9-17(12-30)22(31)28(27,34)24(13)35-25(33)20-14(2)11-29(7)16(20)4/h9-11,15,18-19,21-22,24,30-31,34H,8,12H2,1-7H3/t15?,18-,19+,21-,22+,24-,27?,28-/m0/s1. The highest BCUT2D eigenvalue weighted by atomic mass is 16.6. The van der Waals surface area contributed by atoms with E-state index in [4.69, 9.17) is 4.74 Å². The molecule has 1 heterocycles. The summed E-state index contributed by atoms with van der Waals surface area (Å²) in [6, 6.07) is 0. The molecule has 1 spiro atoms. The number of fused-ring (bicyclic) bond motifs is 3. The number of ketones is 1. The molecule has 7 heteroatoms. The fraction of sp³-hybridized carbons (Fsp3) is 0.643. The van der Waals surface area contributed by atoms with Crippen LogP contribution in [0.1, 0.15) is 55.7 Å². The highest BCUT2D eigenvalue weighted by Crippen LogP contribution is 2.71. The Balaban J connectivity index is 1.65. The van der Waals surface area contributed by atoms with Crippen LogP contribution in [0.4, 0.5) is 0 Å². The number of Topliss-reactive ketones (excluding diaryl/α,β-unsaturated/α-hetero) is 1. The molecule has 4 aliphatic carbocycles. The van der Waals surface area contributed by atoms with E-state index in [0.717, 1.165) is 17.7 Å². The predicted octanol–water partition coefficient (Wildman–Crippen LogP) is 2.64. The van der Waals surface area contributed by atoms with Crippen molar-refractivity contribution in [3.8, 4) is 0 Å². The zero-order valence-corrected chi connectivity index (χ0v) is 21.6. The van der Waals surface area contributed by atoms with Crippen molar-refractivity contribution < 1.29 is 29.6 Å². The number of ether oxygens (including phenoxy) is 1. The van der Waals surface area contributed by atoms with Gasteiger partial charge in [0.05, 0.1) is 17.6 Å². The fourth-order valence-corrected chi connectivity index (χ4v) is 7.98. The summed E-state index contributed by atoms with van der Waals surface area (Å²) in [7, 11) is 1.84. The zero-order chi connectivity index (χ0) is 25.8. The van der Waals surface area contributed by atoms with E-state index >= 15 is 0 Å². The highest BCUT2D eigenvalue weighted by Gasteiger charge is 2.76. The molecule has 3 N–H and O–H groups in total. The number of aryl methyl sites for hydroxylation is 2. The van der Waals surface area contributed by atoms with Gasteiger partial charge in [-0.15, -0.1) is 0 Å². The van der Waals surface area contributed by atoms with Crippen LogP contribution < -0.4 is 0 Å². The largest absolute Gasteiger partial charge is 0.451 e. The van der Waals surface area contributed by atoms with E-state index in [1.165, 1.54) is 0 Å². The summed E-state index contributed by atoms with van der Waals surface area (Å²) in [6.45, 7) is 11.2. The first-order valence-electron chi connectivity index (χ1n) is 12.5. The molecular formula is C28H37NO6. The number of rotatable bonds is 3. The molecule has 2 fully saturated rings. The first kappa shape index (κ1) is 24.5. The maximum Gasteiger partial charge on any atom is 0.340 e. The lowest BCUT2D eigenvalue weighted by molar-refractivity contribution is -0.190. The average Bonchev–Trinajstić information content (AvgIpc) is 3.14. The van der Waals surface area contributed by atoms with Gasteiger partial charge in [-0.05, 0) is 67.1 Å². The number of carbonyl (C=O) groups excluding carboxylic acids is 2. The molecule has 2 unspecified atom stereocenters. The van der Waals surface area contributed by atoms with Gasteiger partial charge in [-0.1, -0.05) is 32.9 Å². The van der Waals surface area contributed by atoms with Crippen LogP contribution in [0, 0.1) is 48.3 Å². The maximum atomic E-state index is 14.4. The lowest BCUT2D eigenvalue weighted by Gasteiger charge is -2.48. The van der Waals surface area contributed by atoms with Crippen LogP contribution in [-0.4, -0.2) is 56.1 Å². The molecule has 7 nitrogen and oxygen atoms in total. The number of nitrogens with zero attached hydrogens (tertiary/aromatic N) is 1. The molecule has 0 aliphatic heterocycles. The Morgan fingerprint density at radius 2 is 1.91 bits per heavy atom. The molecule has 5 rings (SSSR count). The maximum absolute atomic E-state index is 14.4. The minimum Gasteiger partial charge on any atom is -0.451 e. The van der Waals surface area contributed by atoms with Crippen molar-refractivity contribution in [3.05, 3.63) is 46.3 Å². The van der Waals surface area contributed by atoms with Crippen LogP contribution in [0.2, 0.25) is 0 Å². The average molecular weight is 484 g/mol. The van der Waals surface area contributed by atoms with Crippen LogP contribution >= 0.6 is 0 Å². The van der Waals surface area contributed by atoms with Gasteiger partial charge in [-0.25, -0.2) is 4.79 Å². The van der Waals surface area contributed by atoms with E-state index < -0.39 is 41.7 Å². The highest BCUT2D eigenvalue weighted by molar-refractivity contribution is 5.96. The molecular weight excluding hydrogens is 446 g/mol. The summed E-state index contributed by atoms with van der Waals surface area (Å²) in [5.74, 6) is -1.20. The van der Waals surface area contributed by atoms with Gasteiger partial charge in [0, 0.05) is 24.9 Å². The van der Waals surface area contributed by atoms with Crippen LogP contribution in [0.15, 0.2) is 29.5 Å². The summed E-state index contributed by atoms with van der Waals surface area (Å²) >= 11 is 0. The van der Waals surface area contributed by atoms with E-state index in [2.05, 4.69) is 13.8 Å². The summed E-state index contributed by atoms with van der Waals surface area (Å²) < 4.78 is 7.82. The Bertz CT molecular complexity index is 1190. The van der Waals surface area contributed by atoms with Crippen molar-refractivity contribution in [3.63, 3.8) is 0 Å². The molecule has 0 aromatic carbocycles. The Hall–Kier alpha value is -2.22. The number of aromatic nitrogens is 1. The van der Waals surface area contributed by atoms with E-state index in [-0.39, 0.29) is 28.6 Å². The monoisotopic (exact) mass is 483 g/mol. The third-order valence-corrected chi connectivity index (χ3v) is 10.00. The van der Waals surface area contributed by atoms with E-state index in [1.807, 2.05) is 38.6 Å². The van der Waals surface area contributed by atoms with Gasteiger partial charge in [0.2, 0.25) is 0 Å². The summed E-state index contributed by atoms with van der Waals surface area (Å²) in [4.78, 5) is 27.8. The van der Waals surface area contributed by atoms with E-state index in [0.29, 0.717) is 17.1 Å². The van der Waals surface area contributed by atoms with Gasteiger partial charge in [-0.2, -0.15) is 0 Å². The third-order valence-electron chi connectivity index (χ3n) is 10.00. The summed E-state index contributed by atoms with van der Waals surface area (Å²) in [5, 5.41) is 34.3. The molecule has 190 valence electrons. The number of hydrogen-bond donors (Lipinski definition) is 3. The molecule has 2 bridgehead atoms. The molecule has 0 amide bonds. The summed E-state index contributed by atoms with van der Waals surface area (Å²) in [5.41, 5.74) is -0.951. The molecule has 35 heavy (non-hydrogen) atoms. The topological polar surface area (TPSA) is 109 Å². The number of allylic oxidation sites excluding steroid dienone is 1. The Labute approximate surface area is 206 Å². The van der Waals surface area contributed by atoms with Crippen molar-refractivity contribution in [2.24, 2.45) is 41.5 Å². The first-order chi connectivity index (χ1) is 16.2. The second kappa shape index (κ2) is 7.40. The lowest BCUT2D eigenvalue weighted by Crippen LogP contribution is -2.65. The number of carbonyl (C=O) groups is 2. The van der Waals surface area contributed by atoms with Crippen molar-refractivity contribution in [1.29, 1.82) is 0 Å². The minimum absolute atomic E-state index is 0.0355. The SMILES string of the molecule is CC1=CC23C(=O)[C@@H](C=C(CO)[C@@H](O)[C@]2(O)[C@H]1OC(=O)c1c(C)cn(C)c1C)[C@H]1[C@@H](CC3C)C1(C)C. The van der Waals surface area contributed by atoms with Gasteiger partial charge in [0.15, 0.2) is 17.5 Å². The van der Waals surface area contributed by atoms with Crippen LogP contribution in [-0.2, 0) is 16.6 Å². The quantitative estimate of drug-likeness (QED) is 0.451. The Kier molecular flexibility index (Phi) is 5.18. The van der Waals surface area contributed by atoms with Gasteiger partial charge >= 0.3 is 5.97 Å². The molecule has 2 saturated carbocycles. The first-order valence-corrected chi connectivity index (χ1v) is 12.5. The smallest absolute Gasteiger partial charge is 0.340 e. The lowest BCUT2D eigenvalue weighted by atomic mass is 9.59. The normalized spacial score (nSPS) is 41.3. The van der Waals surface area contributed by atoms with Crippen molar-refractivity contribution >= 4 is 11.8 Å². The van der Waals surface area contributed by atoms with Gasteiger partial charge in [-0.3, -0.25) is 4.79 Å². The molecule has 1 aromatic rings. The summed E-state index contributed by atoms with van der Waals surface area (Å²) in [6.07, 6.45) is 3.20. The van der Waals surface area contributed by atoms with Crippen LogP contribution in [0.25, 0.3) is 0 Å². The number of esters is 1. The second-order valence-electron chi connectivity index (χ2n) is 12.0. The van der Waals surface area contributed by atoms with Crippen molar-refractivity contribution in [2.75, 3.05) is 6.61 Å². The number of aliphatic hydroxyl groups is 3. The van der Waals surface area contributed by atoms with Crippen molar-refractivity contribution in [2.45, 2.75) is 65.8 Å². The Morgan fingerprint density at radius 1 is 1.26 bits per heavy atom. The number of aliphatic hydroxyl groups excluding tert-OH is 2. The molecule has 1 aromatic heterocycles. The third kappa shape index (κ3) is 2.83. The van der Waals surface area contributed by atoms with Gasteiger partial charge in [0.25, 0.3) is 0 Å². The van der Waals surface area contributed by atoms with Crippen molar-refractivity contribution in [1.82, 2.24) is 4.57 Å². The fourth-order valence-electron chi connectivity index (χ4n) is 7.98. The predicted molar refractivity (Wildman–Crippen MR) is 129 cm³/mol. The molecule has 0 radical (unpaired) electrons. The molecule has 0 saturated heterocycles. The van der Waals surface area contributed by atoms with E-state index in [1.54, 1.807) is 19.1 Å². The second-order valence-corrected chi connectivity index (χ2v) is 12.0. The molecule has 4 aliphatic rings. The Morgan fingerprint density at radius 3 is 2.49 bits per heavy atom. The van der Waals surface area contributed by atoms with Crippen LogP contribution in [0.5, 0.6) is 0 Å².